The molecule has 1 heterocycles. The Labute approximate surface area is 205 Å². The van der Waals surface area contributed by atoms with Crippen LogP contribution < -0.4 is 14.4 Å². The van der Waals surface area contributed by atoms with Crippen LogP contribution in [-0.2, 0) is 20.2 Å². The summed E-state index contributed by atoms with van der Waals surface area (Å²) in [5.74, 6) is -0.0305. The van der Waals surface area contributed by atoms with Gasteiger partial charge in [-0.3, -0.25) is 9.10 Å². The minimum absolute atomic E-state index is 0.0980. The number of rotatable bonds is 5. The summed E-state index contributed by atoms with van der Waals surface area (Å²) in [6.07, 6.45) is 0.157. The number of benzene rings is 3. The van der Waals surface area contributed by atoms with Gasteiger partial charge in [0.25, 0.3) is 5.91 Å². The number of hydrogen-bond donors (Lipinski definition) is 1. The number of fused-ring (bicyclic) bond motifs is 1. The molecule has 0 aliphatic carbocycles. The van der Waals surface area contributed by atoms with E-state index in [1.165, 1.54) is 16.1 Å². The van der Waals surface area contributed by atoms with Crippen LogP contribution >= 0.6 is 11.8 Å². The minimum atomic E-state index is -3.62. The Hall–Kier alpha value is -2.97. The normalized spacial score (nSPS) is 15.9. The second-order valence-corrected chi connectivity index (χ2v) is 12.3. The summed E-state index contributed by atoms with van der Waals surface area (Å²) >= 11 is 1.54. The largest absolute Gasteiger partial charge is 0.476 e. The highest BCUT2D eigenvalue weighted by Crippen LogP contribution is 2.39. The van der Waals surface area contributed by atoms with Crippen molar-refractivity contribution < 1.29 is 17.9 Å². The van der Waals surface area contributed by atoms with Gasteiger partial charge in [-0.05, 0) is 47.4 Å². The van der Waals surface area contributed by atoms with Gasteiger partial charge in [-0.2, -0.15) is 0 Å². The average Bonchev–Trinajstić information content (AvgIpc) is 2.78. The standard InChI is InChI=1S/C26H28N2O4S2/c1-26(2,3)18-14-15-22-21(16-18)28(34(4,30)31)17-23(32-22)25(29)27-20-12-8-9-13-24(20)33-19-10-6-5-7-11-19/h5-16,23H,17H2,1-4H3,(H,27,29). The van der Waals surface area contributed by atoms with E-state index >= 15 is 0 Å². The first kappa shape index (κ1) is 24.2. The van der Waals surface area contributed by atoms with Gasteiger partial charge in [-0.15, -0.1) is 0 Å². The highest BCUT2D eigenvalue weighted by Gasteiger charge is 2.36. The number of hydrogen-bond acceptors (Lipinski definition) is 5. The molecule has 1 aliphatic rings. The van der Waals surface area contributed by atoms with Gasteiger partial charge in [0, 0.05) is 9.79 Å². The van der Waals surface area contributed by atoms with Gasteiger partial charge < -0.3 is 10.1 Å². The highest BCUT2D eigenvalue weighted by molar-refractivity contribution is 7.99. The molecule has 1 amide bonds. The lowest BCUT2D eigenvalue weighted by Gasteiger charge is -2.35. The first-order chi connectivity index (χ1) is 16.0. The number of nitrogens with one attached hydrogen (secondary N) is 1. The Morgan fingerprint density at radius 1 is 1.03 bits per heavy atom. The molecule has 0 bridgehead atoms. The fourth-order valence-electron chi connectivity index (χ4n) is 3.66. The lowest BCUT2D eigenvalue weighted by atomic mass is 9.86. The maximum atomic E-state index is 13.2. The van der Waals surface area contributed by atoms with Crippen molar-refractivity contribution in [1.82, 2.24) is 0 Å². The van der Waals surface area contributed by atoms with Gasteiger partial charge >= 0.3 is 0 Å². The molecule has 8 heteroatoms. The fraction of sp³-hybridized carbons (Fsp3) is 0.269. The third kappa shape index (κ3) is 5.39. The molecule has 0 aromatic heterocycles. The summed E-state index contributed by atoms with van der Waals surface area (Å²) in [7, 11) is -3.62. The number of anilines is 2. The third-order valence-electron chi connectivity index (χ3n) is 5.50. The molecule has 0 saturated carbocycles. The number of para-hydroxylation sites is 1. The van der Waals surface area contributed by atoms with Crippen molar-refractivity contribution in [1.29, 1.82) is 0 Å². The molecule has 0 radical (unpaired) electrons. The van der Waals surface area contributed by atoms with Gasteiger partial charge in [0.05, 0.1) is 24.2 Å². The van der Waals surface area contributed by atoms with Gasteiger partial charge in [0.2, 0.25) is 10.0 Å². The molecule has 3 aromatic rings. The molecule has 1 N–H and O–H groups in total. The van der Waals surface area contributed by atoms with Crippen LogP contribution in [0, 0.1) is 0 Å². The zero-order valence-electron chi connectivity index (χ0n) is 19.6. The molecule has 0 saturated heterocycles. The SMILES string of the molecule is CC(C)(C)c1ccc2c(c1)N(S(C)(=O)=O)CC(C(=O)Nc1ccccc1Sc1ccccc1)O2. The van der Waals surface area contributed by atoms with Crippen molar-refractivity contribution in [3.63, 3.8) is 0 Å². The predicted octanol–water partition coefficient (Wildman–Crippen LogP) is 5.30. The number of nitrogens with zero attached hydrogens (tertiary/aromatic N) is 1. The van der Waals surface area contributed by atoms with Crippen LogP contribution in [0.1, 0.15) is 26.3 Å². The van der Waals surface area contributed by atoms with Gasteiger partial charge in [-0.25, -0.2) is 8.42 Å². The van der Waals surface area contributed by atoms with E-state index in [0.717, 1.165) is 21.6 Å². The van der Waals surface area contributed by atoms with Gasteiger partial charge in [-0.1, -0.05) is 68.9 Å². The maximum absolute atomic E-state index is 13.2. The Bertz CT molecular complexity index is 1300. The molecule has 1 aliphatic heterocycles. The topological polar surface area (TPSA) is 75.7 Å². The highest BCUT2D eigenvalue weighted by atomic mass is 32.2. The lowest BCUT2D eigenvalue weighted by molar-refractivity contribution is -0.122. The molecule has 3 aromatic carbocycles. The summed E-state index contributed by atoms with van der Waals surface area (Å²) in [4.78, 5) is 15.1. The van der Waals surface area contributed by atoms with E-state index in [9.17, 15) is 13.2 Å². The second kappa shape index (κ2) is 9.35. The number of amides is 1. The van der Waals surface area contributed by atoms with Crippen molar-refractivity contribution in [2.45, 2.75) is 42.1 Å². The quantitative estimate of drug-likeness (QED) is 0.519. The van der Waals surface area contributed by atoms with E-state index in [0.29, 0.717) is 17.1 Å². The van der Waals surface area contributed by atoms with Crippen LogP contribution in [0.15, 0.2) is 82.6 Å². The van der Waals surface area contributed by atoms with Crippen molar-refractivity contribution in [2.75, 3.05) is 22.4 Å². The lowest BCUT2D eigenvalue weighted by Crippen LogP contribution is -2.48. The van der Waals surface area contributed by atoms with E-state index in [1.54, 1.807) is 6.07 Å². The van der Waals surface area contributed by atoms with E-state index in [2.05, 4.69) is 26.1 Å². The van der Waals surface area contributed by atoms with Crippen molar-refractivity contribution in [3.05, 3.63) is 78.4 Å². The molecule has 1 unspecified atom stereocenters. The fourth-order valence-corrected chi connectivity index (χ4v) is 5.48. The van der Waals surface area contributed by atoms with Crippen LogP contribution in [0.25, 0.3) is 0 Å². The van der Waals surface area contributed by atoms with Gasteiger partial charge in [0.1, 0.15) is 5.75 Å². The first-order valence-electron chi connectivity index (χ1n) is 10.9. The molecule has 6 nitrogen and oxygen atoms in total. The molecular formula is C26H28N2O4S2. The molecule has 0 fully saturated rings. The second-order valence-electron chi connectivity index (χ2n) is 9.23. The summed E-state index contributed by atoms with van der Waals surface area (Å²) in [6, 6.07) is 22.9. The molecule has 4 rings (SSSR count). The first-order valence-corrected chi connectivity index (χ1v) is 13.6. The summed E-state index contributed by atoms with van der Waals surface area (Å²) in [6.45, 7) is 6.08. The van der Waals surface area contributed by atoms with Crippen molar-refractivity contribution >= 4 is 39.1 Å². The summed E-state index contributed by atoms with van der Waals surface area (Å²) < 4.78 is 32.5. The third-order valence-corrected chi connectivity index (χ3v) is 7.73. The zero-order valence-corrected chi connectivity index (χ0v) is 21.2. The predicted molar refractivity (Wildman–Crippen MR) is 137 cm³/mol. The summed E-state index contributed by atoms with van der Waals surface area (Å²) in [5, 5.41) is 2.93. The van der Waals surface area contributed by atoms with E-state index in [4.69, 9.17) is 4.74 Å². The number of carbonyl (C=O) groups is 1. The van der Waals surface area contributed by atoms with Crippen molar-refractivity contribution in [3.8, 4) is 5.75 Å². The van der Waals surface area contributed by atoms with Gasteiger partial charge in [0.15, 0.2) is 6.10 Å². The van der Waals surface area contributed by atoms with Crippen LogP contribution in [0.4, 0.5) is 11.4 Å². The monoisotopic (exact) mass is 496 g/mol. The van der Waals surface area contributed by atoms with Crippen LogP contribution in [-0.4, -0.2) is 33.2 Å². The Balaban J connectivity index is 1.60. The average molecular weight is 497 g/mol. The molecule has 1 atom stereocenters. The maximum Gasteiger partial charge on any atom is 0.267 e. The Morgan fingerprint density at radius 2 is 1.71 bits per heavy atom. The Morgan fingerprint density at radius 3 is 2.38 bits per heavy atom. The molecule has 0 spiro atoms. The smallest absolute Gasteiger partial charge is 0.267 e. The molecular weight excluding hydrogens is 468 g/mol. The number of carbonyl (C=O) groups excluding carboxylic acids is 1. The van der Waals surface area contributed by atoms with Crippen LogP contribution in [0.3, 0.4) is 0 Å². The van der Waals surface area contributed by atoms with E-state index in [-0.39, 0.29) is 12.0 Å². The number of ether oxygens (including phenoxy) is 1. The van der Waals surface area contributed by atoms with Crippen molar-refractivity contribution in [2.24, 2.45) is 0 Å². The minimum Gasteiger partial charge on any atom is -0.476 e. The van der Waals surface area contributed by atoms with E-state index < -0.39 is 22.0 Å². The molecule has 34 heavy (non-hydrogen) atoms. The number of sulfonamides is 1. The van der Waals surface area contributed by atoms with Crippen LogP contribution in [0.2, 0.25) is 0 Å². The Kier molecular flexibility index (Phi) is 6.64. The molecule has 178 valence electrons. The van der Waals surface area contributed by atoms with Crippen LogP contribution in [0.5, 0.6) is 5.75 Å². The van der Waals surface area contributed by atoms with E-state index in [1.807, 2.05) is 66.7 Å². The summed E-state index contributed by atoms with van der Waals surface area (Å²) in [5.41, 5.74) is 1.93. The zero-order chi connectivity index (χ0) is 24.5.